The van der Waals surface area contributed by atoms with E-state index in [4.69, 9.17) is 0 Å². The third-order valence-corrected chi connectivity index (χ3v) is 5.90. The number of piperidine rings is 2. The number of nitrogens with zero attached hydrogens (tertiary/aromatic N) is 5. The van der Waals surface area contributed by atoms with Crippen LogP contribution in [0.5, 0.6) is 0 Å². The van der Waals surface area contributed by atoms with Crippen molar-refractivity contribution in [1.29, 1.82) is 5.26 Å². The lowest BCUT2D eigenvalue weighted by Gasteiger charge is -2.44. The van der Waals surface area contributed by atoms with Crippen molar-refractivity contribution in [3.63, 3.8) is 0 Å². The summed E-state index contributed by atoms with van der Waals surface area (Å²) >= 11 is 0. The Bertz CT molecular complexity index is 651. The van der Waals surface area contributed by atoms with Gasteiger partial charge in [-0.3, -0.25) is 9.69 Å². The summed E-state index contributed by atoms with van der Waals surface area (Å²) in [6.07, 6.45) is 7.54. The molecule has 6 heteroatoms. The molecule has 1 unspecified atom stereocenters. The molecule has 0 radical (unpaired) electrons. The zero-order chi connectivity index (χ0) is 18.0. The minimum absolute atomic E-state index is 0.0578. The first-order valence-corrected chi connectivity index (χ1v) is 9.31. The molecule has 2 fully saturated rings. The summed E-state index contributed by atoms with van der Waals surface area (Å²) in [5.41, 5.74) is -0.110. The van der Waals surface area contributed by atoms with Gasteiger partial charge in [0.25, 0.3) is 0 Å². The lowest BCUT2D eigenvalue weighted by molar-refractivity contribution is -0.142. The summed E-state index contributed by atoms with van der Waals surface area (Å²) < 4.78 is 2.05. The Morgan fingerprint density at radius 1 is 1.36 bits per heavy atom. The molecule has 6 nitrogen and oxygen atoms in total. The lowest BCUT2D eigenvalue weighted by Crippen LogP contribution is -2.54. The molecular formula is C19H29N5O. The van der Waals surface area contributed by atoms with Crippen LogP contribution in [0.15, 0.2) is 12.4 Å². The van der Waals surface area contributed by atoms with Crippen LogP contribution in [0.25, 0.3) is 0 Å². The number of aryl methyl sites for hydroxylation is 1. The highest BCUT2D eigenvalue weighted by atomic mass is 16.2. The van der Waals surface area contributed by atoms with E-state index >= 15 is 0 Å². The molecule has 3 rings (SSSR count). The molecule has 0 aromatic carbocycles. The van der Waals surface area contributed by atoms with Crippen molar-refractivity contribution >= 4 is 5.91 Å². The van der Waals surface area contributed by atoms with Crippen molar-refractivity contribution in [1.82, 2.24) is 19.4 Å². The van der Waals surface area contributed by atoms with Crippen LogP contribution in [0.3, 0.4) is 0 Å². The Kier molecular flexibility index (Phi) is 5.14. The van der Waals surface area contributed by atoms with Crippen molar-refractivity contribution in [2.75, 3.05) is 19.6 Å². The highest BCUT2D eigenvalue weighted by Gasteiger charge is 2.42. The minimum Gasteiger partial charge on any atom is -0.337 e. The molecule has 2 aliphatic heterocycles. The average molecular weight is 343 g/mol. The molecular weight excluding hydrogens is 314 g/mol. The van der Waals surface area contributed by atoms with E-state index in [1.54, 1.807) is 0 Å². The number of amides is 1. The smallest absolute Gasteiger partial charge is 0.226 e. The summed E-state index contributed by atoms with van der Waals surface area (Å²) in [5, 5.41) is 9.59. The van der Waals surface area contributed by atoms with E-state index in [9.17, 15) is 10.1 Å². The van der Waals surface area contributed by atoms with Crippen LogP contribution < -0.4 is 0 Å². The molecule has 1 atom stereocenters. The van der Waals surface area contributed by atoms with Gasteiger partial charge in [0, 0.05) is 31.9 Å². The van der Waals surface area contributed by atoms with Gasteiger partial charge in [-0.2, -0.15) is 5.26 Å². The van der Waals surface area contributed by atoms with Crippen LogP contribution in [0, 0.1) is 22.7 Å². The van der Waals surface area contributed by atoms with Crippen molar-refractivity contribution in [3.05, 3.63) is 18.2 Å². The second kappa shape index (κ2) is 7.17. The Labute approximate surface area is 150 Å². The molecule has 136 valence electrons. The molecule has 0 saturated carbocycles. The highest BCUT2D eigenvalue weighted by molar-refractivity contribution is 5.80. The molecule has 1 aromatic rings. The third-order valence-electron chi connectivity index (χ3n) is 5.90. The summed E-state index contributed by atoms with van der Waals surface area (Å²) in [5.74, 6) is 1.31. The van der Waals surface area contributed by atoms with E-state index in [0.29, 0.717) is 0 Å². The maximum absolute atomic E-state index is 13.0. The van der Waals surface area contributed by atoms with Crippen LogP contribution in [0.4, 0.5) is 0 Å². The van der Waals surface area contributed by atoms with Gasteiger partial charge in [-0.15, -0.1) is 0 Å². The van der Waals surface area contributed by atoms with E-state index < -0.39 is 0 Å². The monoisotopic (exact) mass is 343 g/mol. The second-order valence-electron chi connectivity index (χ2n) is 8.16. The van der Waals surface area contributed by atoms with Gasteiger partial charge in [0.15, 0.2) is 0 Å². The summed E-state index contributed by atoms with van der Waals surface area (Å²) in [4.78, 5) is 21.6. The van der Waals surface area contributed by atoms with Gasteiger partial charge in [0.1, 0.15) is 11.9 Å². The van der Waals surface area contributed by atoms with Gasteiger partial charge in [-0.1, -0.05) is 13.8 Å². The molecule has 25 heavy (non-hydrogen) atoms. The Balaban J connectivity index is 1.58. The van der Waals surface area contributed by atoms with E-state index in [1.807, 2.05) is 28.9 Å². The third kappa shape index (κ3) is 3.72. The number of rotatable bonds is 3. The first-order chi connectivity index (χ1) is 11.9. The van der Waals surface area contributed by atoms with Crippen molar-refractivity contribution in [2.45, 2.75) is 52.1 Å². The first kappa shape index (κ1) is 17.9. The molecule has 2 saturated heterocycles. The number of hydrogen-bond donors (Lipinski definition) is 0. The van der Waals surface area contributed by atoms with Crippen LogP contribution in [0.2, 0.25) is 0 Å². The fraction of sp³-hybridized carbons (Fsp3) is 0.737. The number of carbonyl (C=O) groups excluding carboxylic acids is 1. The zero-order valence-corrected chi connectivity index (χ0v) is 15.6. The van der Waals surface area contributed by atoms with E-state index in [2.05, 4.69) is 29.8 Å². The Hall–Kier alpha value is -1.87. The van der Waals surface area contributed by atoms with E-state index in [0.717, 1.165) is 57.7 Å². The second-order valence-corrected chi connectivity index (χ2v) is 8.16. The summed E-state index contributed by atoms with van der Waals surface area (Å²) in [6.45, 7) is 7.61. The fourth-order valence-corrected chi connectivity index (χ4v) is 4.20. The standard InChI is InChI=1S/C19H29N5O/c1-19(2)7-4-9-24(16(19)13-20)18(25)15-5-10-23(11-6-15)14-17-21-8-12-22(17)3/h8,12,15-16H,4-7,9-11,14H2,1-3H3. The van der Waals surface area contributed by atoms with Gasteiger partial charge in [-0.25, -0.2) is 4.98 Å². The number of nitriles is 1. The number of carbonyl (C=O) groups is 1. The zero-order valence-electron chi connectivity index (χ0n) is 15.6. The number of imidazole rings is 1. The van der Waals surface area contributed by atoms with Crippen LogP contribution in [0.1, 0.15) is 45.4 Å². The predicted molar refractivity (Wildman–Crippen MR) is 95.3 cm³/mol. The molecule has 1 aromatic heterocycles. The van der Waals surface area contributed by atoms with Crippen LogP contribution in [-0.2, 0) is 18.4 Å². The van der Waals surface area contributed by atoms with Crippen molar-refractivity contribution in [3.8, 4) is 6.07 Å². The Morgan fingerprint density at radius 3 is 2.68 bits per heavy atom. The predicted octanol–water partition coefficient (Wildman–Crippen LogP) is 2.17. The summed E-state index contributed by atoms with van der Waals surface area (Å²) in [7, 11) is 2.01. The van der Waals surface area contributed by atoms with Gasteiger partial charge < -0.3 is 9.47 Å². The summed E-state index contributed by atoms with van der Waals surface area (Å²) in [6, 6.07) is 2.10. The molecule has 0 aliphatic carbocycles. The van der Waals surface area contributed by atoms with Crippen LogP contribution >= 0.6 is 0 Å². The fourth-order valence-electron chi connectivity index (χ4n) is 4.20. The molecule has 0 N–H and O–H groups in total. The number of likely N-dealkylation sites (tertiary alicyclic amines) is 2. The molecule has 0 bridgehead atoms. The van der Waals surface area contributed by atoms with Gasteiger partial charge in [0.2, 0.25) is 5.91 Å². The average Bonchev–Trinajstić information content (AvgIpc) is 2.99. The lowest BCUT2D eigenvalue weighted by atomic mass is 9.76. The molecule has 3 heterocycles. The van der Waals surface area contributed by atoms with Crippen molar-refractivity contribution in [2.24, 2.45) is 18.4 Å². The normalized spacial score (nSPS) is 24.9. The van der Waals surface area contributed by atoms with E-state index in [-0.39, 0.29) is 23.3 Å². The minimum atomic E-state index is -0.292. The number of hydrogen-bond acceptors (Lipinski definition) is 4. The van der Waals surface area contributed by atoms with Crippen molar-refractivity contribution < 1.29 is 4.79 Å². The maximum Gasteiger partial charge on any atom is 0.226 e. The highest BCUT2D eigenvalue weighted by Crippen LogP contribution is 2.36. The molecule has 1 amide bonds. The topological polar surface area (TPSA) is 65.2 Å². The van der Waals surface area contributed by atoms with Gasteiger partial charge in [-0.05, 0) is 44.2 Å². The SMILES string of the molecule is Cn1ccnc1CN1CCC(C(=O)N2CCCC(C)(C)C2C#N)CC1. The molecule has 2 aliphatic rings. The largest absolute Gasteiger partial charge is 0.337 e. The Morgan fingerprint density at radius 2 is 2.08 bits per heavy atom. The molecule has 0 spiro atoms. The quantitative estimate of drug-likeness (QED) is 0.844. The maximum atomic E-state index is 13.0. The van der Waals surface area contributed by atoms with Gasteiger partial charge in [0.05, 0.1) is 12.6 Å². The number of aromatic nitrogens is 2. The van der Waals surface area contributed by atoms with E-state index in [1.165, 1.54) is 0 Å². The first-order valence-electron chi connectivity index (χ1n) is 9.31. The van der Waals surface area contributed by atoms with Crippen LogP contribution in [-0.4, -0.2) is 50.9 Å². The van der Waals surface area contributed by atoms with Gasteiger partial charge >= 0.3 is 0 Å².